The van der Waals surface area contributed by atoms with E-state index in [-0.39, 0.29) is 0 Å². The van der Waals surface area contributed by atoms with Gasteiger partial charge < -0.3 is 13.3 Å². The van der Waals surface area contributed by atoms with Crippen LogP contribution in [0.25, 0.3) is 0 Å². The Hall–Kier alpha value is -0.943. The molecule has 0 radical (unpaired) electrons. The first-order valence-electron chi connectivity index (χ1n) is 5.60. The lowest BCUT2D eigenvalue weighted by Gasteiger charge is -2.28. The van der Waals surface area contributed by atoms with E-state index >= 15 is 0 Å². The van der Waals surface area contributed by atoms with Crippen LogP contribution in [0.2, 0.25) is 6.04 Å². The SMILES string of the molecule is C=CCC[Si](OCC=C)(OCC=C)OCC=C. The van der Waals surface area contributed by atoms with Crippen molar-refractivity contribution in [1.29, 1.82) is 0 Å². The summed E-state index contributed by atoms with van der Waals surface area (Å²) in [7, 11) is -2.66. The van der Waals surface area contributed by atoms with Gasteiger partial charge in [-0.15, -0.1) is 26.3 Å². The Labute approximate surface area is 105 Å². The van der Waals surface area contributed by atoms with Crippen molar-refractivity contribution >= 4 is 8.80 Å². The molecule has 3 nitrogen and oxygen atoms in total. The molecule has 0 N–H and O–H groups in total. The molecule has 0 fully saturated rings. The van der Waals surface area contributed by atoms with Gasteiger partial charge in [0.15, 0.2) is 0 Å². The molecule has 0 spiro atoms. The second-order valence-electron chi connectivity index (χ2n) is 3.31. The zero-order chi connectivity index (χ0) is 13.0. The van der Waals surface area contributed by atoms with E-state index in [4.69, 9.17) is 13.3 Å². The van der Waals surface area contributed by atoms with Crippen LogP contribution in [0.4, 0.5) is 0 Å². The van der Waals surface area contributed by atoms with Crippen LogP contribution in [-0.2, 0) is 13.3 Å². The van der Waals surface area contributed by atoms with Gasteiger partial charge in [-0.2, -0.15) is 0 Å². The van der Waals surface area contributed by atoms with E-state index in [1.807, 2.05) is 6.08 Å². The molecule has 0 bridgehead atoms. The average Bonchev–Trinajstić information content (AvgIpc) is 2.37. The molecule has 0 amide bonds. The largest absolute Gasteiger partial charge is 0.502 e. The minimum Gasteiger partial charge on any atom is -0.370 e. The predicted octanol–water partition coefficient (Wildman–Crippen LogP) is 3.11. The summed E-state index contributed by atoms with van der Waals surface area (Å²) in [5.74, 6) is 0. The smallest absolute Gasteiger partial charge is 0.370 e. The van der Waals surface area contributed by atoms with Crippen molar-refractivity contribution in [3.05, 3.63) is 50.6 Å². The van der Waals surface area contributed by atoms with E-state index in [2.05, 4.69) is 26.3 Å². The third-order valence-electron chi connectivity index (χ3n) is 1.92. The molecule has 0 heterocycles. The summed E-state index contributed by atoms with van der Waals surface area (Å²) in [5, 5.41) is 0. The standard InChI is InChI=1S/C13H22O3Si/c1-5-9-13-17(14-10-6-2,15-11-7-3)16-12-8-4/h5-8H,1-4,9-13H2. The number of rotatable bonds is 12. The first-order valence-corrected chi connectivity index (χ1v) is 7.53. The molecule has 0 saturated heterocycles. The molecule has 96 valence electrons. The van der Waals surface area contributed by atoms with Gasteiger partial charge in [0.25, 0.3) is 0 Å². The lowest BCUT2D eigenvalue weighted by molar-refractivity contribution is 0.0863. The van der Waals surface area contributed by atoms with Crippen molar-refractivity contribution < 1.29 is 13.3 Å². The van der Waals surface area contributed by atoms with Crippen molar-refractivity contribution in [2.45, 2.75) is 12.5 Å². The van der Waals surface area contributed by atoms with Gasteiger partial charge in [-0.25, -0.2) is 0 Å². The summed E-state index contributed by atoms with van der Waals surface area (Å²) in [6.07, 6.45) is 7.67. The third kappa shape index (κ3) is 7.07. The maximum Gasteiger partial charge on any atom is 0.502 e. The number of allylic oxidation sites excluding steroid dienone is 1. The van der Waals surface area contributed by atoms with Crippen LogP contribution in [-0.4, -0.2) is 28.6 Å². The van der Waals surface area contributed by atoms with Gasteiger partial charge >= 0.3 is 8.80 Å². The van der Waals surface area contributed by atoms with Crippen molar-refractivity contribution in [1.82, 2.24) is 0 Å². The Morgan fingerprint density at radius 3 is 1.41 bits per heavy atom. The first-order chi connectivity index (χ1) is 8.24. The number of hydrogen-bond donors (Lipinski definition) is 0. The van der Waals surface area contributed by atoms with E-state index in [1.165, 1.54) is 0 Å². The lowest BCUT2D eigenvalue weighted by Crippen LogP contribution is -2.46. The van der Waals surface area contributed by atoms with Crippen molar-refractivity contribution in [2.24, 2.45) is 0 Å². The van der Waals surface area contributed by atoms with Crippen LogP contribution in [0.15, 0.2) is 50.6 Å². The summed E-state index contributed by atoms with van der Waals surface area (Å²) in [6, 6.07) is 0.700. The fourth-order valence-electron chi connectivity index (χ4n) is 1.18. The molecule has 0 aromatic rings. The molecular formula is C13H22O3Si. The molecule has 0 unspecified atom stereocenters. The van der Waals surface area contributed by atoms with E-state index in [0.717, 1.165) is 6.42 Å². The maximum atomic E-state index is 5.72. The van der Waals surface area contributed by atoms with Gasteiger partial charge in [0.1, 0.15) is 0 Å². The minimum atomic E-state index is -2.66. The second kappa shape index (κ2) is 10.2. The van der Waals surface area contributed by atoms with Gasteiger partial charge in [-0.3, -0.25) is 0 Å². The highest BCUT2D eigenvalue weighted by Crippen LogP contribution is 2.18. The van der Waals surface area contributed by atoms with Gasteiger partial charge in [-0.1, -0.05) is 24.3 Å². The Morgan fingerprint density at radius 1 is 0.706 bits per heavy atom. The van der Waals surface area contributed by atoms with Crippen LogP contribution >= 0.6 is 0 Å². The van der Waals surface area contributed by atoms with Crippen LogP contribution in [0, 0.1) is 0 Å². The van der Waals surface area contributed by atoms with Crippen molar-refractivity contribution in [2.75, 3.05) is 19.8 Å². The highest BCUT2D eigenvalue weighted by atomic mass is 28.4. The molecule has 17 heavy (non-hydrogen) atoms. The zero-order valence-electron chi connectivity index (χ0n) is 10.4. The molecule has 0 aliphatic rings. The minimum absolute atomic E-state index is 0.414. The Balaban J connectivity index is 4.59. The monoisotopic (exact) mass is 254 g/mol. The summed E-state index contributed by atoms with van der Waals surface area (Å²) in [4.78, 5) is 0. The van der Waals surface area contributed by atoms with Crippen LogP contribution in [0.3, 0.4) is 0 Å². The van der Waals surface area contributed by atoms with Gasteiger partial charge in [-0.05, 0) is 6.42 Å². The molecule has 0 aliphatic heterocycles. The van der Waals surface area contributed by atoms with Crippen LogP contribution in [0.1, 0.15) is 6.42 Å². The van der Waals surface area contributed by atoms with Gasteiger partial charge in [0.05, 0.1) is 19.8 Å². The summed E-state index contributed by atoms with van der Waals surface area (Å²) < 4.78 is 17.2. The molecule has 0 saturated carbocycles. The quantitative estimate of drug-likeness (QED) is 0.395. The highest BCUT2D eigenvalue weighted by Gasteiger charge is 2.39. The summed E-state index contributed by atoms with van der Waals surface area (Å²) >= 11 is 0. The predicted molar refractivity (Wildman–Crippen MR) is 73.8 cm³/mol. The second-order valence-corrected chi connectivity index (χ2v) is 6.04. The third-order valence-corrected chi connectivity index (χ3v) is 4.64. The van der Waals surface area contributed by atoms with E-state index in [0.29, 0.717) is 25.9 Å². The van der Waals surface area contributed by atoms with Crippen LogP contribution in [0.5, 0.6) is 0 Å². The molecule has 4 heteroatoms. The summed E-state index contributed by atoms with van der Waals surface area (Å²) in [5.41, 5.74) is 0. The lowest BCUT2D eigenvalue weighted by atomic mass is 10.5. The normalized spacial score (nSPS) is 10.8. The van der Waals surface area contributed by atoms with Crippen molar-refractivity contribution in [3.8, 4) is 0 Å². The first kappa shape index (κ1) is 16.1. The number of hydrogen-bond acceptors (Lipinski definition) is 3. The molecular weight excluding hydrogens is 232 g/mol. The highest BCUT2D eigenvalue weighted by molar-refractivity contribution is 6.60. The molecule has 0 atom stereocenters. The van der Waals surface area contributed by atoms with E-state index in [1.54, 1.807) is 18.2 Å². The van der Waals surface area contributed by atoms with E-state index in [9.17, 15) is 0 Å². The average molecular weight is 254 g/mol. The van der Waals surface area contributed by atoms with Crippen molar-refractivity contribution in [3.63, 3.8) is 0 Å². The Kier molecular flexibility index (Phi) is 9.66. The van der Waals surface area contributed by atoms with Crippen LogP contribution < -0.4 is 0 Å². The molecule has 0 aromatic heterocycles. The zero-order valence-corrected chi connectivity index (χ0v) is 11.4. The fourth-order valence-corrected chi connectivity index (χ4v) is 3.53. The Morgan fingerprint density at radius 2 is 1.12 bits per heavy atom. The van der Waals surface area contributed by atoms with Gasteiger partial charge in [0.2, 0.25) is 0 Å². The van der Waals surface area contributed by atoms with Gasteiger partial charge in [0, 0.05) is 6.04 Å². The summed E-state index contributed by atoms with van der Waals surface area (Å²) in [6.45, 7) is 15.8. The maximum absolute atomic E-state index is 5.72. The topological polar surface area (TPSA) is 27.7 Å². The fraction of sp³-hybridized carbons (Fsp3) is 0.385. The molecule has 0 aliphatic carbocycles. The molecule has 0 rings (SSSR count). The Bertz CT molecular complexity index is 198. The van der Waals surface area contributed by atoms with E-state index < -0.39 is 8.80 Å². The molecule has 0 aromatic carbocycles.